The Balaban J connectivity index is 3.15. The van der Waals surface area contributed by atoms with Crippen molar-refractivity contribution in [2.45, 2.75) is 6.92 Å². The predicted octanol–water partition coefficient (Wildman–Crippen LogP) is 0.394. The van der Waals surface area contributed by atoms with E-state index >= 15 is 0 Å². The molecule has 1 aromatic heterocycles. The predicted molar refractivity (Wildman–Crippen MR) is 36.9 cm³/mol. The summed E-state index contributed by atoms with van der Waals surface area (Å²) in [7, 11) is 0. The summed E-state index contributed by atoms with van der Waals surface area (Å²) in [6.45, 7) is 1.49. The van der Waals surface area contributed by atoms with Crippen LogP contribution in [0.15, 0.2) is 12.3 Å². The first kappa shape index (κ1) is 7.65. The summed E-state index contributed by atoms with van der Waals surface area (Å²) < 4.78 is 12.6. The van der Waals surface area contributed by atoms with Crippen LogP contribution in [-0.4, -0.2) is 16.1 Å². The molecule has 0 bridgehead atoms. The van der Waals surface area contributed by atoms with Gasteiger partial charge in [-0.25, -0.2) is 4.39 Å². The molecule has 0 aromatic carbocycles. The molecule has 0 saturated carbocycles. The number of aromatic nitrogens is 1. The van der Waals surface area contributed by atoms with Gasteiger partial charge < -0.3 is 5.11 Å². The van der Waals surface area contributed by atoms with Gasteiger partial charge >= 0.3 is 5.97 Å². The molecule has 3 nitrogen and oxygen atoms in total. The first-order valence-electron chi connectivity index (χ1n) is 2.99. The van der Waals surface area contributed by atoms with E-state index in [1.807, 2.05) is 0 Å². The molecule has 0 spiro atoms. The molecule has 58 valence electrons. The van der Waals surface area contributed by atoms with Crippen molar-refractivity contribution in [3.8, 4) is 0 Å². The molecule has 0 atom stereocenters. The number of nitrogens with zero attached hydrogens (tertiary/aromatic N) is 1. The monoisotopic (exact) mass is 156 g/mol. The van der Waals surface area contributed by atoms with Gasteiger partial charge in [0.15, 0.2) is 0 Å². The third kappa shape index (κ3) is 1.52. The van der Waals surface area contributed by atoms with E-state index in [-0.39, 0.29) is 11.3 Å². The summed E-state index contributed by atoms with van der Waals surface area (Å²) in [6, 6.07) is 1.01. The van der Waals surface area contributed by atoms with Crippen molar-refractivity contribution in [1.82, 2.24) is 4.98 Å². The highest BCUT2D eigenvalue weighted by Crippen LogP contribution is 2.04. The highest BCUT2D eigenvalue weighted by molar-refractivity contribution is 5.87. The Labute approximate surface area is 62.5 Å². The Morgan fingerprint density at radius 3 is 2.82 bits per heavy atom. The van der Waals surface area contributed by atoms with Crippen LogP contribution in [-0.2, 0) is 0 Å². The number of hydrogen-bond acceptors (Lipinski definition) is 2. The van der Waals surface area contributed by atoms with Gasteiger partial charge in [0, 0.05) is 11.0 Å². The van der Waals surface area contributed by atoms with E-state index in [0.717, 1.165) is 6.07 Å². The van der Waals surface area contributed by atoms with E-state index in [4.69, 9.17) is 5.11 Å². The van der Waals surface area contributed by atoms with Crippen LogP contribution in [0.1, 0.15) is 16.1 Å². The summed E-state index contributed by atoms with van der Waals surface area (Å²) >= 11 is 0. The van der Waals surface area contributed by atoms with E-state index in [2.05, 4.69) is 4.98 Å². The first-order valence-corrected chi connectivity index (χ1v) is 2.99. The lowest BCUT2D eigenvalue weighted by Gasteiger charge is -1.93. The molecule has 1 heterocycles. The van der Waals surface area contributed by atoms with Crippen molar-refractivity contribution in [2.75, 3.05) is 0 Å². The molecule has 0 radical (unpaired) electrons. The smallest absolute Gasteiger partial charge is 0.550 e. The van der Waals surface area contributed by atoms with Gasteiger partial charge in [-0.3, -0.25) is 4.98 Å². The highest BCUT2D eigenvalue weighted by atomic mass is 19.1. The van der Waals surface area contributed by atoms with Gasteiger partial charge in [0.1, 0.15) is 11.4 Å². The fraction of sp³-hybridized carbons (Fsp3) is 0.143. The molecule has 0 aliphatic heterocycles. The molecule has 11 heavy (non-hydrogen) atoms. The molecule has 2 N–H and O–H groups in total. The van der Waals surface area contributed by atoms with Crippen molar-refractivity contribution < 1.29 is 14.3 Å². The van der Waals surface area contributed by atoms with Gasteiger partial charge in [0.25, 0.3) is 0 Å². The summed E-state index contributed by atoms with van der Waals surface area (Å²) in [5.41, 5.74) is 0.211. The van der Waals surface area contributed by atoms with Gasteiger partial charge in [0.05, 0.1) is 5.69 Å². The zero-order valence-corrected chi connectivity index (χ0v) is 5.89. The van der Waals surface area contributed by atoms with Crippen molar-refractivity contribution in [1.29, 1.82) is 0 Å². The lowest BCUT2D eigenvalue weighted by atomic mass is 10.2. The Kier molecular flexibility index (Phi) is 1.85. The minimum atomic E-state index is -0.920. The molecular weight excluding hydrogens is 149 g/mol. The average Bonchev–Trinajstić information content (AvgIpc) is 1.94. The molecule has 0 amide bonds. The molecule has 0 fully saturated rings. The standard InChI is InChI=1S/C7H6FNO2/c1-4-6(8)2-5(3-9-4)7(10)11/h2-3H,1H3,(H,10,11)/p+1. The summed E-state index contributed by atoms with van der Waals surface area (Å²) in [4.78, 5) is 14.0. The van der Waals surface area contributed by atoms with Crippen LogP contribution in [0.25, 0.3) is 0 Å². The van der Waals surface area contributed by atoms with Gasteiger partial charge in [-0.15, -0.1) is 0 Å². The third-order valence-corrected chi connectivity index (χ3v) is 1.29. The fourth-order valence-electron chi connectivity index (χ4n) is 0.630. The number of pyridine rings is 1. The Bertz CT molecular complexity index is 298. The SMILES string of the molecule is Cc1ncc(C(=O)[OH2+])cc1F. The molecule has 0 aliphatic carbocycles. The van der Waals surface area contributed by atoms with E-state index in [1.165, 1.54) is 13.1 Å². The zero-order chi connectivity index (χ0) is 8.43. The quantitative estimate of drug-likeness (QED) is 0.552. The average molecular weight is 156 g/mol. The normalized spacial score (nSPS) is 9.64. The maximum atomic E-state index is 12.6. The van der Waals surface area contributed by atoms with Gasteiger partial charge in [-0.1, -0.05) is 0 Å². The molecule has 0 aliphatic rings. The Morgan fingerprint density at radius 2 is 2.36 bits per heavy atom. The lowest BCUT2D eigenvalue weighted by Crippen LogP contribution is -1.99. The number of halogens is 1. The summed E-state index contributed by atoms with van der Waals surface area (Å²) in [5, 5.41) is 6.64. The van der Waals surface area contributed by atoms with Gasteiger partial charge in [-0.05, 0) is 13.0 Å². The van der Waals surface area contributed by atoms with Crippen LogP contribution >= 0.6 is 0 Å². The minimum Gasteiger partial charge on any atom is -0.561 e. The molecular formula is C7H7FNO2+. The van der Waals surface area contributed by atoms with E-state index in [1.54, 1.807) is 0 Å². The first-order chi connectivity index (χ1) is 5.11. The third-order valence-electron chi connectivity index (χ3n) is 1.29. The second-order valence-electron chi connectivity index (χ2n) is 2.12. The van der Waals surface area contributed by atoms with Gasteiger partial charge in [0.2, 0.25) is 0 Å². The number of aryl methyl sites for hydroxylation is 1. The number of carbonyl (C=O) groups is 1. The van der Waals surface area contributed by atoms with Crippen LogP contribution in [0, 0.1) is 12.7 Å². The summed E-state index contributed by atoms with van der Waals surface area (Å²) in [5.74, 6) is -1.47. The Hall–Kier alpha value is -1.45. The van der Waals surface area contributed by atoms with Crippen LogP contribution in [0.3, 0.4) is 0 Å². The minimum absolute atomic E-state index is 0.0203. The summed E-state index contributed by atoms with van der Waals surface area (Å²) in [6.07, 6.45) is 1.19. The maximum Gasteiger partial charge on any atom is 0.550 e. The topological polar surface area (TPSA) is 52.9 Å². The highest BCUT2D eigenvalue weighted by Gasteiger charge is 2.12. The van der Waals surface area contributed by atoms with Crippen molar-refractivity contribution in [3.63, 3.8) is 0 Å². The molecule has 0 saturated heterocycles. The van der Waals surface area contributed by atoms with E-state index < -0.39 is 11.8 Å². The fourth-order valence-corrected chi connectivity index (χ4v) is 0.630. The second-order valence-corrected chi connectivity index (χ2v) is 2.12. The van der Waals surface area contributed by atoms with Crippen LogP contribution in [0.2, 0.25) is 0 Å². The number of carbonyl (C=O) groups excluding carboxylic acids is 1. The van der Waals surface area contributed by atoms with Gasteiger partial charge in [-0.2, -0.15) is 0 Å². The van der Waals surface area contributed by atoms with Crippen LogP contribution < -0.4 is 0 Å². The second kappa shape index (κ2) is 2.65. The van der Waals surface area contributed by atoms with Crippen LogP contribution in [0.4, 0.5) is 4.39 Å². The molecule has 0 unspecified atom stereocenters. The molecule has 1 aromatic rings. The molecule has 4 heteroatoms. The van der Waals surface area contributed by atoms with Crippen molar-refractivity contribution >= 4 is 5.97 Å². The largest absolute Gasteiger partial charge is 0.561 e. The number of rotatable bonds is 1. The molecule has 1 rings (SSSR count). The Morgan fingerprint density at radius 1 is 1.73 bits per heavy atom. The van der Waals surface area contributed by atoms with Crippen LogP contribution in [0.5, 0.6) is 0 Å². The zero-order valence-electron chi connectivity index (χ0n) is 5.89. The maximum absolute atomic E-state index is 12.6. The van der Waals surface area contributed by atoms with E-state index in [9.17, 15) is 9.18 Å². The van der Waals surface area contributed by atoms with Crippen molar-refractivity contribution in [2.24, 2.45) is 0 Å². The van der Waals surface area contributed by atoms with Crippen molar-refractivity contribution in [3.05, 3.63) is 29.3 Å². The van der Waals surface area contributed by atoms with E-state index in [0.29, 0.717) is 0 Å². The number of hydrogen-bond donors (Lipinski definition) is 0. The lowest BCUT2D eigenvalue weighted by molar-refractivity contribution is 0.0696.